The number of hydrogen-bond donors (Lipinski definition) is 2. The van der Waals surface area contributed by atoms with Crippen molar-refractivity contribution in [3.63, 3.8) is 0 Å². The van der Waals surface area contributed by atoms with Crippen LogP contribution in [0.3, 0.4) is 0 Å². The molecule has 3 rings (SSSR count). The molecule has 0 radical (unpaired) electrons. The molecule has 1 aromatic heterocycles. The molecule has 1 fully saturated rings. The number of carbonyl (C=O) groups is 1. The molecule has 2 N–H and O–H groups in total. The summed E-state index contributed by atoms with van der Waals surface area (Å²) in [5.41, 5.74) is 0.616. The molecule has 1 atom stereocenters. The first-order chi connectivity index (χ1) is 12.6. The van der Waals surface area contributed by atoms with Crippen molar-refractivity contribution >= 4 is 16.8 Å². The Kier molecular flexibility index (Phi) is 5.80. The van der Waals surface area contributed by atoms with Crippen molar-refractivity contribution < 1.29 is 4.79 Å². The molecule has 1 saturated heterocycles. The highest BCUT2D eigenvalue weighted by atomic mass is 16.2. The Morgan fingerprint density at radius 3 is 2.81 bits per heavy atom. The third-order valence-electron chi connectivity index (χ3n) is 4.79. The van der Waals surface area contributed by atoms with Crippen LogP contribution in [0.5, 0.6) is 0 Å². The predicted molar refractivity (Wildman–Crippen MR) is 102 cm³/mol. The smallest absolute Gasteiger partial charge is 0.258 e. The topological polar surface area (TPSA) is 81.3 Å². The van der Waals surface area contributed by atoms with Crippen molar-refractivity contribution in [2.75, 3.05) is 39.3 Å². The van der Waals surface area contributed by atoms with Crippen LogP contribution in [-0.4, -0.2) is 64.9 Å². The normalized spacial score (nSPS) is 17.1. The van der Waals surface area contributed by atoms with Gasteiger partial charge >= 0.3 is 0 Å². The zero-order chi connectivity index (χ0) is 18.5. The van der Waals surface area contributed by atoms with Crippen LogP contribution < -0.4 is 10.9 Å². The van der Waals surface area contributed by atoms with Gasteiger partial charge in [-0.15, -0.1) is 6.58 Å². The molecular weight excluding hydrogens is 330 g/mol. The van der Waals surface area contributed by atoms with Crippen LogP contribution in [0, 0.1) is 0 Å². The summed E-state index contributed by atoms with van der Waals surface area (Å²) in [4.78, 5) is 36.0. The fourth-order valence-electron chi connectivity index (χ4n) is 3.23. The molecule has 7 heteroatoms. The second-order valence-corrected chi connectivity index (χ2v) is 6.55. The van der Waals surface area contributed by atoms with Crippen LogP contribution >= 0.6 is 0 Å². The van der Waals surface area contributed by atoms with Gasteiger partial charge in [0.1, 0.15) is 5.82 Å². The molecule has 0 bridgehead atoms. The van der Waals surface area contributed by atoms with Crippen molar-refractivity contribution in [3.05, 3.63) is 53.1 Å². The first-order valence-electron chi connectivity index (χ1n) is 8.91. The van der Waals surface area contributed by atoms with Crippen LogP contribution in [0.1, 0.15) is 18.8 Å². The van der Waals surface area contributed by atoms with E-state index in [9.17, 15) is 9.59 Å². The van der Waals surface area contributed by atoms with E-state index in [1.165, 1.54) is 0 Å². The summed E-state index contributed by atoms with van der Waals surface area (Å²) in [6.45, 7) is 9.82. The summed E-state index contributed by atoms with van der Waals surface area (Å²) < 4.78 is 0. The van der Waals surface area contributed by atoms with Gasteiger partial charge in [0.2, 0.25) is 5.91 Å². The Morgan fingerprint density at radius 1 is 1.35 bits per heavy atom. The summed E-state index contributed by atoms with van der Waals surface area (Å²) in [6, 6.07) is 7.39. The number of nitrogens with zero attached hydrogens (tertiary/aromatic N) is 3. The van der Waals surface area contributed by atoms with Gasteiger partial charge in [0.15, 0.2) is 0 Å². The summed E-state index contributed by atoms with van der Waals surface area (Å²) in [6.07, 6.45) is 1.68. The molecular formula is C19H25N5O2. The molecule has 1 unspecified atom stereocenters. The zero-order valence-corrected chi connectivity index (χ0v) is 15.1. The highest BCUT2D eigenvalue weighted by molar-refractivity contribution is 5.78. The van der Waals surface area contributed by atoms with E-state index >= 15 is 0 Å². The number of carbonyl (C=O) groups excluding carboxylic acids is 1. The van der Waals surface area contributed by atoms with Gasteiger partial charge in [0.25, 0.3) is 5.56 Å². The van der Waals surface area contributed by atoms with E-state index in [1.54, 1.807) is 12.1 Å². The molecule has 0 saturated carbocycles. The number of fused-ring (bicyclic) bond motifs is 1. The minimum Gasteiger partial charge on any atom is -0.352 e. The fourth-order valence-corrected chi connectivity index (χ4v) is 3.23. The molecule has 1 amide bonds. The highest BCUT2D eigenvalue weighted by Crippen LogP contribution is 2.19. The standard InChI is InChI=1S/C19H25N5O2/c1-3-8-20-17(25)13-23-9-11-24(12-10-23)14(2)18-21-16-7-5-4-6-15(16)19(26)22-18/h3-7,14H,1,8-13H2,2H3,(H,20,25)(H,21,22,26). The molecule has 1 aliphatic rings. The summed E-state index contributed by atoms with van der Waals surface area (Å²) in [5, 5.41) is 3.41. The number of piperazine rings is 1. The molecule has 2 aromatic rings. The van der Waals surface area contributed by atoms with Gasteiger partial charge in [-0.1, -0.05) is 18.2 Å². The van der Waals surface area contributed by atoms with Gasteiger partial charge in [-0.3, -0.25) is 19.4 Å². The SMILES string of the molecule is C=CCNC(=O)CN1CCN(C(C)c2nc3ccccc3c(=O)[nH]2)CC1. The second-order valence-electron chi connectivity index (χ2n) is 6.55. The Balaban J connectivity index is 1.62. The van der Waals surface area contributed by atoms with E-state index in [0.717, 1.165) is 31.7 Å². The lowest BCUT2D eigenvalue weighted by atomic mass is 10.2. The molecule has 0 aliphatic carbocycles. The molecule has 26 heavy (non-hydrogen) atoms. The van der Waals surface area contributed by atoms with Crippen molar-refractivity contribution in [3.8, 4) is 0 Å². The molecule has 0 spiro atoms. The number of aromatic amines is 1. The monoisotopic (exact) mass is 355 g/mol. The average molecular weight is 355 g/mol. The predicted octanol–water partition coefficient (Wildman–Crippen LogP) is 0.904. The number of nitrogens with one attached hydrogen (secondary N) is 2. The molecule has 7 nitrogen and oxygen atoms in total. The van der Waals surface area contributed by atoms with Crippen LogP contribution in [0.25, 0.3) is 10.9 Å². The van der Waals surface area contributed by atoms with E-state index < -0.39 is 0 Å². The third-order valence-corrected chi connectivity index (χ3v) is 4.79. The van der Waals surface area contributed by atoms with E-state index in [0.29, 0.717) is 24.3 Å². The Morgan fingerprint density at radius 2 is 2.08 bits per heavy atom. The number of benzene rings is 1. The third kappa shape index (κ3) is 4.17. The van der Waals surface area contributed by atoms with Crippen LogP contribution in [0.15, 0.2) is 41.7 Å². The summed E-state index contributed by atoms with van der Waals surface area (Å²) in [5.74, 6) is 0.706. The average Bonchev–Trinajstić information content (AvgIpc) is 2.66. The van der Waals surface area contributed by atoms with E-state index in [-0.39, 0.29) is 17.5 Å². The maximum Gasteiger partial charge on any atom is 0.258 e. The molecule has 2 heterocycles. The van der Waals surface area contributed by atoms with Crippen molar-refractivity contribution in [1.82, 2.24) is 25.1 Å². The quantitative estimate of drug-likeness (QED) is 0.753. The van der Waals surface area contributed by atoms with Crippen LogP contribution in [0.4, 0.5) is 0 Å². The minimum absolute atomic E-state index is 0.0176. The number of amides is 1. The molecule has 1 aromatic carbocycles. The van der Waals surface area contributed by atoms with Crippen molar-refractivity contribution in [2.45, 2.75) is 13.0 Å². The largest absolute Gasteiger partial charge is 0.352 e. The first kappa shape index (κ1) is 18.3. The lowest BCUT2D eigenvalue weighted by molar-refractivity contribution is -0.122. The van der Waals surface area contributed by atoms with Crippen molar-refractivity contribution in [1.29, 1.82) is 0 Å². The van der Waals surface area contributed by atoms with Gasteiger partial charge in [-0.25, -0.2) is 4.98 Å². The second kappa shape index (κ2) is 8.25. The summed E-state index contributed by atoms with van der Waals surface area (Å²) in [7, 11) is 0. The van der Waals surface area contributed by atoms with Crippen LogP contribution in [0.2, 0.25) is 0 Å². The lowest BCUT2D eigenvalue weighted by Crippen LogP contribution is -2.50. The van der Waals surface area contributed by atoms with Crippen LogP contribution in [-0.2, 0) is 4.79 Å². The van der Waals surface area contributed by atoms with Gasteiger partial charge in [-0.2, -0.15) is 0 Å². The van der Waals surface area contributed by atoms with Gasteiger partial charge in [0.05, 0.1) is 23.5 Å². The number of rotatable bonds is 6. The van der Waals surface area contributed by atoms with E-state index in [1.807, 2.05) is 18.2 Å². The Bertz CT molecular complexity index is 839. The highest BCUT2D eigenvalue weighted by Gasteiger charge is 2.24. The molecule has 138 valence electrons. The van der Waals surface area contributed by atoms with Gasteiger partial charge in [-0.05, 0) is 19.1 Å². The maximum absolute atomic E-state index is 12.3. The lowest BCUT2D eigenvalue weighted by Gasteiger charge is -2.37. The Labute approximate surface area is 152 Å². The zero-order valence-electron chi connectivity index (χ0n) is 15.1. The van der Waals surface area contributed by atoms with E-state index in [2.05, 4.69) is 38.6 Å². The first-order valence-corrected chi connectivity index (χ1v) is 8.91. The fraction of sp³-hybridized carbons (Fsp3) is 0.421. The number of para-hydroxylation sites is 1. The minimum atomic E-state index is -0.102. The van der Waals surface area contributed by atoms with Gasteiger partial charge < -0.3 is 10.3 Å². The molecule has 1 aliphatic heterocycles. The summed E-state index contributed by atoms with van der Waals surface area (Å²) >= 11 is 0. The van der Waals surface area contributed by atoms with Gasteiger partial charge in [0, 0.05) is 32.7 Å². The van der Waals surface area contributed by atoms with E-state index in [4.69, 9.17) is 0 Å². The number of H-pyrrole nitrogens is 1. The van der Waals surface area contributed by atoms with Crippen molar-refractivity contribution in [2.24, 2.45) is 0 Å². The number of hydrogen-bond acceptors (Lipinski definition) is 5. The number of aromatic nitrogens is 2. The maximum atomic E-state index is 12.3. The Hall–Kier alpha value is -2.51.